The number of nitro benzene ring substituents is 1. The van der Waals surface area contributed by atoms with Crippen LogP contribution in [0, 0.1) is 10.1 Å². The van der Waals surface area contributed by atoms with Crippen molar-refractivity contribution in [3.63, 3.8) is 0 Å². The molecule has 0 unspecified atom stereocenters. The molecule has 1 aliphatic heterocycles. The molecule has 0 radical (unpaired) electrons. The second-order valence-electron chi connectivity index (χ2n) is 5.64. The van der Waals surface area contributed by atoms with Gasteiger partial charge in [-0.15, -0.1) is 0 Å². The minimum Gasteiger partial charge on any atom is -0.280 e. The minimum atomic E-state index is -4.09. The number of nitrogens with zero attached hydrogens (tertiary/aromatic N) is 2. The number of rotatable bonds is 6. The van der Waals surface area contributed by atoms with E-state index in [-0.39, 0.29) is 22.0 Å². The molecule has 0 amide bonds. The Balaban J connectivity index is 1.96. The van der Waals surface area contributed by atoms with E-state index in [9.17, 15) is 18.5 Å². The van der Waals surface area contributed by atoms with Gasteiger partial charge in [-0.2, -0.15) is 16.9 Å². The van der Waals surface area contributed by atoms with Crippen molar-refractivity contribution < 1.29 is 13.3 Å². The SMILES string of the molecule is O=[N+]([O-])c1ccc(N/N=C2\CCSC2)c(S(=O)(=O)Nc2ccc(Cl)cc2)c1. The molecule has 142 valence electrons. The lowest BCUT2D eigenvalue weighted by molar-refractivity contribution is -0.385. The average molecular weight is 427 g/mol. The van der Waals surface area contributed by atoms with Crippen molar-refractivity contribution in [2.24, 2.45) is 5.10 Å². The number of halogens is 1. The lowest BCUT2D eigenvalue weighted by Crippen LogP contribution is -2.15. The van der Waals surface area contributed by atoms with Crippen molar-refractivity contribution in [2.45, 2.75) is 11.3 Å². The standard InChI is InChI=1S/C16H15ClN4O4S2/c17-11-1-3-12(4-2-11)20-27(24,25)16-9-14(21(22)23)5-6-15(16)19-18-13-7-8-26-10-13/h1-6,9,19-20H,7-8,10H2/b18-13+. The number of non-ortho nitro benzene ring substituents is 1. The fourth-order valence-corrected chi connectivity index (χ4v) is 4.68. The second kappa shape index (κ2) is 8.15. The van der Waals surface area contributed by atoms with Crippen molar-refractivity contribution in [2.75, 3.05) is 21.7 Å². The zero-order valence-electron chi connectivity index (χ0n) is 13.9. The maximum absolute atomic E-state index is 12.8. The third-order valence-electron chi connectivity index (χ3n) is 3.70. The molecule has 2 aromatic rings. The van der Waals surface area contributed by atoms with Gasteiger partial charge in [0, 0.05) is 34.3 Å². The van der Waals surface area contributed by atoms with Gasteiger partial charge in [-0.3, -0.25) is 20.3 Å². The van der Waals surface area contributed by atoms with Crippen LogP contribution < -0.4 is 10.1 Å². The van der Waals surface area contributed by atoms with Gasteiger partial charge in [0.2, 0.25) is 0 Å². The Hall–Kier alpha value is -2.30. The predicted molar refractivity (Wildman–Crippen MR) is 108 cm³/mol. The Morgan fingerprint density at radius 1 is 1.19 bits per heavy atom. The molecule has 0 aromatic heterocycles. The second-order valence-corrected chi connectivity index (χ2v) is 8.83. The van der Waals surface area contributed by atoms with Crippen LogP contribution in [0.2, 0.25) is 5.02 Å². The highest BCUT2D eigenvalue weighted by molar-refractivity contribution is 8.00. The quantitative estimate of drug-likeness (QED) is 0.534. The molecular formula is C16H15ClN4O4S2. The first kappa shape index (κ1) is 19.5. The van der Waals surface area contributed by atoms with Gasteiger partial charge in [0.25, 0.3) is 15.7 Å². The molecule has 2 aromatic carbocycles. The van der Waals surface area contributed by atoms with E-state index in [2.05, 4.69) is 15.2 Å². The number of thioether (sulfide) groups is 1. The summed E-state index contributed by atoms with van der Waals surface area (Å²) in [5.41, 5.74) is 3.76. The van der Waals surface area contributed by atoms with Gasteiger partial charge < -0.3 is 0 Å². The van der Waals surface area contributed by atoms with Gasteiger partial charge >= 0.3 is 0 Å². The molecule has 0 spiro atoms. The average Bonchev–Trinajstić information content (AvgIpc) is 3.15. The first-order valence-electron chi connectivity index (χ1n) is 7.81. The van der Waals surface area contributed by atoms with Gasteiger partial charge in [0.15, 0.2) is 0 Å². The van der Waals surface area contributed by atoms with Crippen LogP contribution >= 0.6 is 23.4 Å². The van der Waals surface area contributed by atoms with Crippen LogP contribution in [-0.4, -0.2) is 30.6 Å². The Morgan fingerprint density at radius 3 is 2.56 bits per heavy atom. The summed E-state index contributed by atoms with van der Waals surface area (Å²) in [5.74, 6) is 1.73. The topological polar surface area (TPSA) is 114 Å². The number of hydrogen-bond acceptors (Lipinski definition) is 7. The summed E-state index contributed by atoms with van der Waals surface area (Å²) in [6, 6.07) is 9.64. The number of hydrogen-bond donors (Lipinski definition) is 2. The number of nitrogens with one attached hydrogen (secondary N) is 2. The molecule has 0 saturated carbocycles. The van der Waals surface area contributed by atoms with Gasteiger partial charge in [-0.25, -0.2) is 8.42 Å². The van der Waals surface area contributed by atoms with Crippen LogP contribution in [0.1, 0.15) is 6.42 Å². The highest BCUT2D eigenvalue weighted by Crippen LogP contribution is 2.29. The highest BCUT2D eigenvalue weighted by Gasteiger charge is 2.23. The molecule has 0 aliphatic carbocycles. The molecule has 0 bridgehead atoms. The zero-order valence-corrected chi connectivity index (χ0v) is 16.3. The van der Waals surface area contributed by atoms with Crippen LogP contribution in [0.3, 0.4) is 0 Å². The third-order valence-corrected chi connectivity index (χ3v) is 6.40. The summed E-state index contributed by atoms with van der Waals surface area (Å²) < 4.78 is 28.0. The number of anilines is 2. The molecular weight excluding hydrogens is 412 g/mol. The zero-order chi connectivity index (χ0) is 19.4. The van der Waals surface area contributed by atoms with Gasteiger partial charge in [0.1, 0.15) is 4.90 Å². The fraction of sp³-hybridized carbons (Fsp3) is 0.188. The van der Waals surface area contributed by atoms with Crippen LogP contribution in [0.25, 0.3) is 0 Å². The van der Waals surface area contributed by atoms with E-state index < -0.39 is 14.9 Å². The summed E-state index contributed by atoms with van der Waals surface area (Å²) in [4.78, 5) is 10.2. The maximum atomic E-state index is 12.8. The lowest BCUT2D eigenvalue weighted by atomic mass is 10.3. The van der Waals surface area contributed by atoms with E-state index >= 15 is 0 Å². The summed E-state index contributed by atoms with van der Waals surface area (Å²) in [5, 5.41) is 15.8. The summed E-state index contributed by atoms with van der Waals surface area (Å²) in [6.07, 6.45) is 0.815. The van der Waals surface area contributed by atoms with Crippen LogP contribution in [-0.2, 0) is 10.0 Å². The van der Waals surface area contributed by atoms with Crippen LogP contribution in [0.15, 0.2) is 52.5 Å². The summed E-state index contributed by atoms with van der Waals surface area (Å²) >= 11 is 7.54. The number of benzene rings is 2. The van der Waals surface area contributed by atoms with Crippen molar-refractivity contribution >= 4 is 56.2 Å². The Labute approximate surface area is 165 Å². The maximum Gasteiger partial charge on any atom is 0.270 e. The van der Waals surface area contributed by atoms with Crippen molar-refractivity contribution in [1.82, 2.24) is 0 Å². The highest BCUT2D eigenvalue weighted by atomic mass is 35.5. The Bertz CT molecular complexity index is 986. The minimum absolute atomic E-state index is 0.159. The first-order chi connectivity index (χ1) is 12.8. The molecule has 0 atom stereocenters. The molecule has 11 heteroatoms. The van der Waals surface area contributed by atoms with Crippen molar-refractivity contribution in [3.8, 4) is 0 Å². The van der Waals surface area contributed by atoms with Crippen molar-refractivity contribution in [1.29, 1.82) is 0 Å². The Kier molecular flexibility index (Phi) is 5.88. The van der Waals surface area contributed by atoms with E-state index in [1.807, 2.05) is 0 Å². The van der Waals surface area contributed by atoms with E-state index in [0.717, 1.165) is 29.7 Å². The monoisotopic (exact) mass is 426 g/mol. The molecule has 1 heterocycles. The van der Waals surface area contributed by atoms with E-state index in [4.69, 9.17) is 11.6 Å². The van der Waals surface area contributed by atoms with Crippen molar-refractivity contribution in [3.05, 3.63) is 57.6 Å². The lowest BCUT2D eigenvalue weighted by Gasteiger charge is -2.12. The largest absolute Gasteiger partial charge is 0.280 e. The Morgan fingerprint density at radius 2 is 1.93 bits per heavy atom. The van der Waals surface area contributed by atoms with E-state index in [1.165, 1.54) is 36.4 Å². The first-order valence-corrected chi connectivity index (χ1v) is 10.8. The summed E-state index contributed by atoms with van der Waals surface area (Å²) in [6.45, 7) is 0. The molecule has 2 N–H and O–H groups in total. The molecule has 27 heavy (non-hydrogen) atoms. The van der Waals surface area contributed by atoms with Gasteiger partial charge in [-0.1, -0.05) is 11.6 Å². The van der Waals surface area contributed by atoms with Gasteiger partial charge in [-0.05, 0) is 42.5 Å². The normalized spacial score (nSPS) is 15.7. The number of nitro groups is 1. The molecule has 1 fully saturated rings. The molecule has 1 aliphatic rings. The molecule has 1 saturated heterocycles. The van der Waals surface area contributed by atoms with E-state index in [1.54, 1.807) is 11.8 Å². The number of hydrazone groups is 1. The van der Waals surface area contributed by atoms with Crippen LogP contribution in [0.5, 0.6) is 0 Å². The van der Waals surface area contributed by atoms with Crippen LogP contribution in [0.4, 0.5) is 17.1 Å². The predicted octanol–water partition coefficient (Wildman–Crippen LogP) is 3.95. The summed E-state index contributed by atoms with van der Waals surface area (Å²) in [7, 11) is -4.09. The third kappa shape index (κ3) is 4.90. The van der Waals surface area contributed by atoms with Gasteiger partial charge in [0.05, 0.1) is 10.6 Å². The number of sulfonamides is 1. The molecule has 3 rings (SSSR count). The fourth-order valence-electron chi connectivity index (χ4n) is 2.35. The van der Waals surface area contributed by atoms with E-state index in [0.29, 0.717) is 5.02 Å². The smallest absolute Gasteiger partial charge is 0.270 e. The molecule has 8 nitrogen and oxygen atoms in total.